The maximum Gasteiger partial charge on any atom is 0.190 e. The van der Waals surface area contributed by atoms with Crippen molar-refractivity contribution in [2.24, 2.45) is 0 Å². The fraction of sp³-hybridized carbons (Fsp3) is 0. The third kappa shape index (κ3) is 4.86. The minimum absolute atomic E-state index is 0.897. The van der Waals surface area contributed by atoms with Gasteiger partial charge in [-0.2, -0.15) is 0 Å². The third-order valence-electron chi connectivity index (χ3n) is 10.3. The van der Waals surface area contributed by atoms with Gasteiger partial charge < -0.3 is 14.2 Å². The van der Waals surface area contributed by atoms with E-state index in [1.54, 1.807) is 11.3 Å². The summed E-state index contributed by atoms with van der Waals surface area (Å²) in [5.74, 6) is 0. The summed E-state index contributed by atoms with van der Waals surface area (Å²) >= 11 is 3.58. The molecule has 0 spiro atoms. The van der Waals surface area contributed by atoms with E-state index in [9.17, 15) is 0 Å². The molecule has 0 atom stereocenters. The Kier molecular flexibility index (Phi) is 6.90. The Labute approximate surface area is 313 Å². The number of anilines is 6. The number of hydrogen-bond donors (Lipinski definition) is 0. The van der Waals surface area contributed by atoms with E-state index in [0.29, 0.717) is 0 Å². The lowest BCUT2D eigenvalue weighted by molar-refractivity contribution is 0.678. The zero-order valence-corrected chi connectivity index (χ0v) is 30.1. The van der Waals surface area contributed by atoms with Crippen LogP contribution < -0.4 is 9.80 Å². The molecule has 0 aliphatic carbocycles. The molecular weight excluding hydrogens is 685 g/mol. The van der Waals surface area contributed by atoms with Crippen LogP contribution in [0.2, 0.25) is 0 Å². The zero-order chi connectivity index (χ0) is 34.9. The van der Waals surface area contributed by atoms with Crippen LogP contribution in [0.25, 0.3) is 62.3 Å². The summed E-state index contributed by atoms with van der Waals surface area (Å²) in [4.78, 5) is 5.70. The van der Waals surface area contributed by atoms with Crippen molar-refractivity contribution in [3.63, 3.8) is 0 Å². The van der Waals surface area contributed by atoms with E-state index >= 15 is 0 Å². The minimum atomic E-state index is 0.897. The average molecular weight is 715 g/mol. The number of furan rings is 1. The summed E-state index contributed by atoms with van der Waals surface area (Å²) in [6, 6.07) is 65.3. The van der Waals surface area contributed by atoms with Gasteiger partial charge in [-0.05, 0) is 78.2 Å². The molecular formula is C48H30N2OS2. The summed E-state index contributed by atoms with van der Waals surface area (Å²) in [7, 11) is 0. The molecule has 0 saturated heterocycles. The van der Waals surface area contributed by atoms with Gasteiger partial charge in [-0.1, -0.05) is 121 Å². The maximum atomic E-state index is 6.60. The monoisotopic (exact) mass is 714 g/mol. The van der Waals surface area contributed by atoms with E-state index < -0.39 is 0 Å². The first kappa shape index (κ1) is 30.2. The van der Waals surface area contributed by atoms with Crippen molar-refractivity contribution in [3.05, 3.63) is 182 Å². The van der Waals surface area contributed by atoms with Crippen molar-refractivity contribution in [3.8, 4) is 0 Å². The van der Waals surface area contributed by atoms with Crippen molar-refractivity contribution < 1.29 is 4.42 Å². The van der Waals surface area contributed by atoms with Crippen molar-refractivity contribution in [2.45, 2.75) is 0 Å². The number of thiophene rings is 2. The molecule has 0 fully saturated rings. The Hall–Kier alpha value is -6.40. The molecule has 3 nitrogen and oxygen atoms in total. The van der Waals surface area contributed by atoms with Gasteiger partial charge in [-0.15, -0.1) is 11.3 Å². The molecule has 0 aliphatic rings. The highest BCUT2D eigenvalue weighted by Crippen LogP contribution is 2.48. The van der Waals surface area contributed by atoms with E-state index in [2.05, 4.69) is 192 Å². The minimum Gasteiger partial charge on any atom is -0.445 e. The second kappa shape index (κ2) is 12.1. The zero-order valence-electron chi connectivity index (χ0n) is 28.4. The predicted molar refractivity (Wildman–Crippen MR) is 229 cm³/mol. The number of hydrogen-bond acceptors (Lipinski definition) is 5. The maximum absolute atomic E-state index is 6.60. The van der Waals surface area contributed by atoms with Gasteiger partial charge in [0.05, 0.1) is 16.1 Å². The Morgan fingerprint density at radius 3 is 1.83 bits per heavy atom. The Morgan fingerprint density at radius 1 is 0.377 bits per heavy atom. The Balaban J connectivity index is 1.09. The molecule has 0 amide bonds. The molecule has 0 N–H and O–H groups in total. The number of para-hydroxylation sites is 2. The summed E-state index contributed by atoms with van der Waals surface area (Å²) in [6.07, 6.45) is 0. The van der Waals surface area contributed by atoms with Crippen LogP contribution >= 0.6 is 22.7 Å². The fourth-order valence-corrected chi connectivity index (χ4v) is 10.2. The summed E-state index contributed by atoms with van der Waals surface area (Å²) in [6.45, 7) is 0. The van der Waals surface area contributed by atoms with Crippen LogP contribution in [-0.4, -0.2) is 0 Å². The normalized spacial score (nSPS) is 11.8. The molecule has 11 rings (SSSR count). The van der Waals surface area contributed by atoms with Crippen LogP contribution in [0, 0.1) is 0 Å². The van der Waals surface area contributed by atoms with E-state index in [-0.39, 0.29) is 0 Å². The molecule has 11 aromatic rings. The topological polar surface area (TPSA) is 19.6 Å². The first-order valence-electron chi connectivity index (χ1n) is 17.8. The first-order chi connectivity index (χ1) is 26.3. The fourth-order valence-electron chi connectivity index (χ4n) is 7.89. The molecule has 0 saturated carbocycles. The molecule has 0 radical (unpaired) electrons. The van der Waals surface area contributed by atoms with Crippen LogP contribution in [0.15, 0.2) is 186 Å². The second-order valence-electron chi connectivity index (χ2n) is 13.3. The molecule has 3 aromatic heterocycles. The van der Waals surface area contributed by atoms with Crippen LogP contribution in [-0.2, 0) is 0 Å². The lowest BCUT2D eigenvalue weighted by atomic mass is 10.1. The highest BCUT2D eigenvalue weighted by Gasteiger charge is 2.22. The molecule has 0 aliphatic heterocycles. The average Bonchev–Trinajstić information content (AvgIpc) is 3.89. The number of rotatable bonds is 6. The van der Waals surface area contributed by atoms with Crippen molar-refractivity contribution in [2.75, 3.05) is 9.80 Å². The second-order valence-corrected chi connectivity index (χ2v) is 15.4. The van der Waals surface area contributed by atoms with Gasteiger partial charge in [0.15, 0.2) is 4.90 Å². The van der Waals surface area contributed by atoms with Crippen molar-refractivity contribution in [1.82, 2.24) is 0 Å². The highest BCUT2D eigenvalue weighted by atomic mass is 32.1. The lowest BCUT2D eigenvalue weighted by Crippen LogP contribution is -2.10. The van der Waals surface area contributed by atoms with Crippen molar-refractivity contribution in [1.29, 1.82) is 0 Å². The number of fused-ring (bicyclic) bond motifs is 9. The van der Waals surface area contributed by atoms with Gasteiger partial charge in [-0.25, -0.2) is 0 Å². The lowest BCUT2D eigenvalue weighted by Gasteiger charge is -2.27. The van der Waals surface area contributed by atoms with E-state index in [1.807, 2.05) is 11.3 Å². The van der Waals surface area contributed by atoms with Crippen LogP contribution in [0.5, 0.6) is 0 Å². The van der Waals surface area contributed by atoms with E-state index in [4.69, 9.17) is 4.42 Å². The quantitative estimate of drug-likeness (QED) is 0.171. The van der Waals surface area contributed by atoms with Gasteiger partial charge in [0.1, 0.15) is 5.58 Å². The number of nitrogens with zero attached hydrogens (tertiary/aromatic N) is 2. The van der Waals surface area contributed by atoms with Crippen molar-refractivity contribution >= 4 is 119 Å². The van der Waals surface area contributed by atoms with Gasteiger partial charge in [0.2, 0.25) is 0 Å². The summed E-state index contributed by atoms with van der Waals surface area (Å²) in [5.41, 5.74) is 7.66. The van der Waals surface area contributed by atoms with Gasteiger partial charge in [-0.3, -0.25) is 0 Å². The van der Waals surface area contributed by atoms with E-state index in [0.717, 1.165) is 49.7 Å². The first-order valence-corrected chi connectivity index (χ1v) is 19.4. The highest BCUT2D eigenvalue weighted by molar-refractivity contribution is 7.26. The van der Waals surface area contributed by atoms with Crippen LogP contribution in [0.4, 0.5) is 34.1 Å². The van der Waals surface area contributed by atoms with Crippen LogP contribution in [0.3, 0.4) is 0 Å². The predicted octanol–water partition coefficient (Wildman–Crippen LogP) is 15.3. The standard InChI is InChI=1S/C48H30N2OS2/c1-3-15-32(16-4-1)49(41-22-11-14-31-13-7-8-19-36(31)41)34-26-28-43-40(29-34)46-39-27-25-35(30-45(39)53-48(46)51-43)50(33-17-5-2-6-18-33)42-23-12-21-38-37-20-9-10-24-44(37)52-47(38)42/h1-30H. The van der Waals surface area contributed by atoms with Gasteiger partial charge in [0, 0.05) is 64.5 Å². The van der Waals surface area contributed by atoms with Gasteiger partial charge >= 0.3 is 0 Å². The molecule has 5 heteroatoms. The Bertz CT molecular complexity index is 3140. The molecule has 3 heterocycles. The molecule has 0 bridgehead atoms. The SMILES string of the molecule is c1ccc(N(c2ccc3oc4sc5cc(N(c6ccccc6)c6cccc7c6sc6ccccc67)ccc5c4c3c2)c2cccc3ccccc23)cc1. The van der Waals surface area contributed by atoms with Gasteiger partial charge in [0.25, 0.3) is 0 Å². The third-order valence-corrected chi connectivity index (χ3v) is 12.5. The molecule has 8 aromatic carbocycles. The van der Waals surface area contributed by atoms with Crippen LogP contribution in [0.1, 0.15) is 0 Å². The van der Waals surface area contributed by atoms with E-state index in [1.165, 1.54) is 46.7 Å². The molecule has 53 heavy (non-hydrogen) atoms. The largest absolute Gasteiger partial charge is 0.445 e. The summed E-state index contributed by atoms with van der Waals surface area (Å²) < 4.78 is 10.4. The smallest absolute Gasteiger partial charge is 0.190 e. The summed E-state index contributed by atoms with van der Waals surface area (Å²) in [5, 5.41) is 8.49. The molecule has 250 valence electrons. The number of benzene rings is 8. The molecule has 0 unspecified atom stereocenters. The Morgan fingerprint density at radius 2 is 1.00 bits per heavy atom.